The van der Waals surface area contributed by atoms with E-state index >= 15 is 0 Å². The van der Waals surface area contributed by atoms with Crippen LogP contribution >= 0.6 is 0 Å². The molecule has 0 aliphatic heterocycles. The summed E-state index contributed by atoms with van der Waals surface area (Å²) in [5, 5.41) is 0. The van der Waals surface area contributed by atoms with Crippen LogP contribution in [0, 0.1) is 0 Å². The predicted molar refractivity (Wildman–Crippen MR) is 104 cm³/mol. The third-order valence-electron chi connectivity index (χ3n) is 4.19. The Labute approximate surface area is 170 Å². The van der Waals surface area contributed by atoms with Crippen molar-refractivity contribution >= 4 is 39.7 Å². The van der Waals surface area contributed by atoms with Gasteiger partial charge in [0.25, 0.3) is 10.1 Å². The molecule has 0 aliphatic rings. The fraction of sp³-hybridized carbons (Fsp3) is 0.684. The van der Waals surface area contributed by atoms with E-state index in [1.807, 2.05) is 12.1 Å². The van der Waals surface area contributed by atoms with Crippen molar-refractivity contribution < 1.29 is 13.0 Å². The van der Waals surface area contributed by atoms with E-state index in [0.29, 0.717) is 5.56 Å². The Morgan fingerprint density at radius 1 is 0.750 bits per heavy atom. The van der Waals surface area contributed by atoms with Gasteiger partial charge in [-0.2, -0.15) is 8.42 Å². The quantitative estimate of drug-likeness (QED) is 0.308. The molecular weight excluding hydrogens is 331 g/mol. The van der Waals surface area contributed by atoms with Gasteiger partial charge in [-0.3, -0.25) is 4.55 Å². The number of aryl methyl sites for hydroxylation is 1. The van der Waals surface area contributed by atoms with Crippen molar-refractivity contribution in [3.63, 3.8) is 0 Å². The van der Waals surface area contributed by atoms with Gasteiger partial charge in [0.2, 0.25) is 0 Å². The van der Waals surface area contributed by atoms with Crippen LogP contribution in [0.15, 0.2) is 24.3 Å². The fourth-order valence-electron chi connectivity index (χ4n) is 2.83. The summed E-state index contributed by atoms with van der Waals surface area (Å²) in [5.74, 6) is -0.300. The zero-order chi connectivity index (χ0) is 17.0. The topological polar surface area (TPSA) is 54.4 Å². The molecule has 134 valence electrons. The molecule has 1 rings (SSSR count). The van der Waals surface area contributed by atoms with Crippen LogP contribution in [0.4, 0.5) is 0 Å². The molecule has 0 aliphatic carbocycles. The molecule has 1 aromatic rings. The molecule has 0 aromatic heterocycles. The molecule has 0 fully saturated rings. The zero-order valence-electron chi connectivity index (χ0n) is 14.5. The first-order valence-corrected chi connectivity index (χ1v) is 10.6. The van der Waals surface area contributed by atoms with Crippen LogP contribution in [0.1, 0.15) is 82.3 Å². The summed E-state index contributed by atoms with van der Waals surface area (Å²) in [6.45, 7) is 2.25. The van der Waals surface area contributed by atoms with Crippen molar-refractivity contribution in [1.29, 1.82) is 0 Å². The second-order valence-corrected chi connectivity index (χ2v) is 7.93. The number of hydrogen-bond donors (Lipinski definition) is 1. The molecule has 0 bridgehead atoms. The van der Waals surface area contributed by atoms with E-state index in [1.165, 1.54) is 69.8 Å². The third-order valence-corrected chi connectivity index (χ3v) is 4.89. The molecule has 0 radical (unpaired) electrons. The molecule has 5 heteroatoms. The van der Waals surface area contributed by atoms with E-state index in [9.17, 15) is 8.42 Å². The van der Waals surface area contributed by atoms with E-state index < -0.39 is 10.1 Å². The second kappa shape index (κ2) is 14.3. The minimum atomic E-state index is -3.93. The van der Waals surface area contributed by atoms with Crippen molar-refractivity contribution in [2.24, 2.45) is 0 Å². The Morgan fingerprint density at radius 2 is 1.17 bits per heavy atom. The van der Waals surface area contributed by atoms with Crippen LogP contribution in [-0.4, -0.2) is 42.5 Å². The standard InChI is InChI=1S/C19H32O3S.Na.H/c1-2-3-4-5-6-7-8-9-10-11-12-18-13-15-19(16-14-18)17-23(20,21)22;;/h13-16H,2-12,17H2,1H3,(H,20,21,22);;. The molecule has 0 amide bonds. The normalized spacial score (nSPS) is 11.2. The van der Waals surface area contributed by atoms with E-state index in [0.717, 1.165) is 6.42 Å². The maximum atomic E-state index is 10.8. The molecule has 0 saturated carbocycles. The summed E-state index contributed by atoms with van der Waals surface area (Å²) in [5.41, 5.74) is 1.88. The minimum absolute atomic E-state index is 0. The van der Waals surface area contributed by atoms with E-state index in [2.05, 4.69) is 6.92 Å². The van der Waals surface area contributed by atoms with Crippen LogP contribution < -0.4 is 0 Å². The first-order chi connectivity index (χ1) is 11.0. The SMILES string of the molecule is CCCCCCCCCCCCc1ccc(CS(=O)(=O)O)cc1.[NaH]. The van der Waals surface area contributed by atoms with Crippen LogP contribution in [0.5, 0.6) is 0 Å². The Bertz CT molecular complexity index is 512. The van der Waals surface area contributed by atoms with Crippen LogP contribution in [0.2, 0.25) is 0 Å². The van der Waals surface area contributed by atoms with Crippen molar-refractivity contribution in [1.82, 2.24) is 0 Å². The van der Waals surface area contributed by atoms with Gasteiger partial charge < -0.3 is 0 Å². The fourth-order valence-corrected chi connectivity index (χ4v) is 3.44. The molecular formula is C19H33NaO3S. The Hall–Kier alpha value is 0.130. The number of hydrogen-bond acceptors (Lipinski definition) is 2. The zero-order valence-corrected chi connectivity index (χ0v) is 15.3. The van der Waals surface area contributed by atoms with Gasteiger partial charge in [-0.1, -0.05) is 89.0 Å². The number of benzene rings is 1. The van der Waals surface area contributed by atoms with Gasteiger partial charge in [0.05, 0.1) is 0 Å². The van der Waals surface area contributed by atoms with Gasteiger partial charge in [0, 0.05) is 0 Å². The van der Waals surface area contributed by atoms with Crippen molar-refractivity contribution in [3.8, 4) is 0 Å². The first-order valence-electron chi connectivity index (χ1n) is 9.04. The monoisotopic (exact) mass is 364 g/mol. The average molecular weight is 365 g/mol. The Kier molecular flexibility index (Phi) is 14.4. The summed E-state index contributed by atoms with van der Waals surface area (Å²) in [7, 11) is -3.93. The maximum absolute atomic E-state index is 10.8. The second-order valence-electron chi connectivity index (χ2n) is 6.47. The van der Waals surface area contributed by atoms with Crippen molar-refractivity contribution in [2.75, 3.05) is 0 Å². The van der Waals surface area contributed by atoms with E-state index in [-0.39, 0.29) is 35.3 Å². The van der Waals surface area contributed by atoms with Gasteiger partial charge in [-0.25, -0.2) is 0 Å². The molecule has 0 atom stereocenters. The third kappa shape index (κ3) is 13.4. The molecule has 0 unspecified atom stereocenters. The van der Waals surface area contributed by atoms with Gasteiger partial charge in [0.15, 0.2) is 0 Å². The summed E-state index contributed by atoms with van der Waals surface area (Å²) >= 11 is 0. The molecule has 0 saturated heterocycles. The number of rotatable bonds is 13. The summed E-state index contributed by atoms with van der Waals surface area (Å²) < 4.78 is 30.4. The average Bonchev–Trinajstić information content (AvgIpc) is 2.49. The molecule has 3 nitrogen and oxygen atoms in total. The molecule has 1 aromatic carbocycles. The van der Waals surface area contributed by atoms with Crippen LogP contribution in [0.25, 0.3) is 0 Å². The van der Waals surface area contributed by atoms with E-state index in [1.54, 1.807) is 12.1 Å². The first kappa shape index (κ1) is 24.1. The molecule has 24 heavy (non-hydrogen) atoms. The van der Waals surface area contributed by atoms with Gasteiger partial charge in [-0.15, -0.1) is 0 Å². The van der Waals surface area contributed by atoms with Crippen molar-refractivity contribution in [3.05, 3.63) is 35.4 Å². The van der Waals surface area contributed by atoms with Crippen LogP contribution in [0.3, 0.4) is 0 Å². The van der Waals surface area contributed by atoms with Gasteiger partial charge in [-0.05, 0) is 24.0 Å². The molecule has 0 spiro atoms. The Morgan fingerprint density at radius 3 is 1.62 bits per heavy atom. The van der Waals surface area contributed by atoms with Crippen LogP contribution in [-0.2, 0) is 22.3 Å². The van der Waals surface area contributed by atoms with Gasteiger partial charge in [0.1, 0.15) is 5.75 Å². The molecule has 0 heterocycles. The van der Waals surface area contributed by atoms with Gasteiger partial charge >= 0.3 is 29.6 Å². The number of unbranched alkanes of at least 4 members (excludes halogenated alkanes) is 9. The summed E-state index contributed by atoms with van der Waals surface area (Å²) in [6.07, 6.45) is 14.4. The Balaban J connectivity index is 0.00000529. The van der Waals surface area contributed by atoms with Crippen molar-refractivity contribution in [2.45, 2.75) is 83.3 Å². The summed E-state index contributed by atoms with van der Waals surface area (Å²) in [4.78, 5) is 0. The molecule has 1 N–H and O–H groups in total. The summed E-state index contributed by atoms with van der Waals surface area (Å²) in [6, 6.07) is 7.52. The van der Waals surface area contributed by atoms with E-state index in [4.69, 9.17) is 4.55 Å². The predicted octanol–water partition coefficient (Wildman–Crippen LogP) is 4.89.